The van der Waals surface area contributed by atoms with Gasteiger partial charge in [-0.2, -0.15) is 5.10 Å². The molecule has 0 aliphatic heterocycles. The number of rotatable bonds is 2. The number of carboxylic acid groups (broad SMARTS) is 1. The van der Waals surface area contributed by atoms with Gasteiger partial charge in [0.05, 0.1) is 34.4 Å². The van der Waals surface area contributed by atoms with Crippen LogP contribution in [0.4, 0.5) is 0 Å². The van der Waals surface area contributed by atoms with E-state index in [0.717, 1.165) is 71.0 Å². The standard InChI is InChI=1S/C24H26N4O2/c1-23(2)11-12-24(3,4)21-20(23)25-16-10-9-15-17(27-28-18(15)19(16)26-21)13-5-7-14(8-6-13)22(29)30/h5-8H,9-12H2,1-4H3,(H,27,28)(H,29,30)/p-1. The fourth-order valence-electron chi connectivity index (χ4n) is 4.70. The molecule has 3 aromatic rings. The lowest BCUT2D eigenvalue weighted by Crippen LogP contribution is -2.37. The first kappa shape index (κ1) is 19.0. The number of aromatic nitrogens is 4. The molecule has 2 aliphatic carbocycles. The molecule has 0 bridgehead atoms. The van der Waals surface area contributed by atoms with E-state index in [9.17, 15) is 9.90 Å². The maximum Gasteiger partial charge on any atom is 0.110 e. The fraction of sp³-hybridized carbons (Fsp3) is 0.417. The monoisotopic (exact) mass is 401 g/mol. The molecule has 0 saturated carbocycles. The number of aryl methyl sites for hydroxylation is 1. The first-order chi connectivity index (χ1) is 14.2. The number of hydrogen-bond acceptors (Lipinski definition) is 5. The number of carbonyl (C=O) groups is 1. The van der Waals surface area contributed by atoms with Gasteiger partial charge in [-0.3, -0.25) is 10.1 Å². The number of hydrogen-bond donors (Lipinski definition) is 1. The van der Waals surface area contributed by atoms with Crippen LogP contribution in [0.15, 0.2) is 24.3 Å². The summed E-state index contributed by atoms with van der Waals surface area (Å²) >= 11 is 0. The highest BCUT2D eigenvalue weighted by Crippen LogP contribution is 2.46. The van der Waals surface area contributed by atoms with Crippen LogP contribution in [-0.2, 0) is 23.7 Å². The molecule has 2 heterocycles. The second-order valence-corrected chi connectivity index (χ2v) is 9.77. The molecule has 0 amide bonds. The van der Waals surface area contributed by atoms with Gasteiger partial charge in [0, 0.05) is 22.0 Å². The first-order valence-corrected chi connectivity index (χ1v) is 10.5. The molecule has 1 aromatic carbocycles. The molecule has 0 atom stereocenters. The minimum atomic E-state index is -1.18. The molecule has 2 aliphatic rings. The number of nitrogens with one attached hydrogen (secondary N) is 1. The number of H-pyrrole nitrogens is 1. The van der Waals surface area contributed by atoms with Gasteiger partial charge in [-0.05, 0) is 31.2 Å². The Kier molecular flexibility index (Phi) is 3.95. The van der Waals surface area contributed by atoms with Gasteiger partial charge >= 0.3 is 0 Å². The summed E-state index contributed by atoms with van der Waals surface area (Å²) in [4.78, 5) is 21.3. The van der Waals surface area contributed by atoms with E-state index < -0.39 is 5.97 Å². The second-order valence-electron chi connectivity index (χ2n) is 9.77. The van der Waals surface area contributed by atoms with E-state index in [1.807, 2.05) is 0 Å². The van der Waals surface area contributed by atoms with E-state index in [0.29, 0.717) is 0 Å². The van der Waals surface area contributed by atoms with E-state index in [-0.39, 0.29) is 16.4 Å². The van der Waals surface area contributed by atoms with Crippen molar-refractivity contribution in [1.29, 1.82) is 0 Å². The Morgan fingerprint density at radius 3 is 2.20 bits per heavy atom. The SMILES string of the molecule is CC1(C)CCC(C)(C)c2nc3c(nc21)CCc1c(-c2ccc(C(=O)[O-])cc2)n[nH]c1-3. The lowest BCUT2D eigenvalue weighted by atomic mass is 9.67. The Labute approximate surface area is 175 Å². The predicted octanol–water partition coefficient (Wildman–Crippen LogP) is 3.34. The zero-order chi connectivity index (χ0) is 21.3. The third-order valence-electron chi connectivity index (χ3n) is 6.73. The Bertz CT molecular complexity index is 1170. The topological polar surface area (TPSA) is 94.6 Å². The summed E-state index contributed by atoms with van der Waals surface area (Å²) in [5, 5.41) is 18.8. The van der Waals surface area contributed by atoms with Crippen molar-refractivity contribution in [2.45, 2.75) is 64.2 Å². The normalized spacial score (nSPS) is 18.3. The molecule has 0 fully saturated rings. The highest BCUT2D eigenvalue weighted by Gasteiger charge is 2.41. The van der Waals surface area contributed by atoms with Gasteiger partial charge < -0.3 is 9.90 Å². The molecular formula is C24H25N4O2-. The fourth-order valence-corrected chi connectivity index (χ4v) is 4.70. The Morgan fingerprint density at radius 1 is 0.933 bits per heavy atom. The van der Waals surface area contributed by atoms with E-state index >= 15 is 0 Å². The van der Waals surface area contributed by atoms with Gasteiger partial charge in [0.1, 0.15) is 5.69 Å². The van der Waals surface area contributed by atoms with Crippen LogP contribution in [0.25, 0.3) is 22.6 Å². The molecule has 6 nitrogen and oxygen atoms in total. The summed E-state index contributed by atoms with van der Waals surface area (Å²) in [7, 11) is 0. The number of benzene rings is 1. The summed E-state index contributed by atoms with van der Waals surface area (Å²) in [6.07, 6.45) is 3.85. The molecule has 2 aromatic heterocycles. The lowest BCUT2D eigenvalue weighted by Gasteiger charge is -2.40. The minimum Gasteiger partial charge on any atom is -0.545 e. The molecule has 154 valence electrons. The van der Waals surface area contributed by atoms with Gasteiger partial charge in [-0.25, -0.2) is 4.98 Å². The largest absolute Gasteiger partial charge is 0.545 e. The van der Waals surface area contributed by atoms with Crippen molar-refractivity contribution in [2.75, 3.05) is 0 Å². The zero-order valence-electron chi connectivity index (χ0n) is 17.8. The molecule has 0 saturated heterocycles. The molecule has 6 heteroatoms. The number of carboxylic acids is 1. The predicted molar refractivity (Wildman–Crippen MR) is 112 cm³/mol. The van der Waals surface area contributed by atoms with Crippen molar-refractivity contribution in [2.24, 2.45) is 0 Å². The summed E-state index contributed by atoms with van der Waals surface area (Å²) in [5.74, 6) is -1.18. The average molecular weight is 401 g/mol. The number of carbonyl (C=O) groups excluding carboxylic acids is 1. The summed E-state index contributed by atoms with van der Waals surface area (Å²) in [5.41, 5.74) is 8.15. The summed E-state index contributed by atoms with van der Waals surface area (Å²) in [6, 6.07) is 6.68. The zero-order valence-corrected chi connectivity index (χ0v) is 17.8. The van der Waals surface area contributed by atoms with Gasteiger partial charge in [-0.15, -0.1) is 0 Å². The summed E-state index contributed by atoms with van der Waals surface area (Å²) in [6.45, 7) is 9.04. The van der Waals surface area contributed by atoms with Gasteiger partial charge in [0.2, 0.25) is 0 Å². The molecule has 0 radical (unpaired) electrons. The van der Waals surface area contributed by atoms with Crippen molar-refractivity contribution in [3.8, 4) is 22.6 Å². The number of nitrogens with zero attached hydrogens (tertiary/aromatic N) is 3. The third-order valence-corrected chi connectivity index (χ3v) is 6.73. The maximum atomic E-state index is 11.0. The van der Waals surface area contributed by atoms with Crippen LogP contribution in [0.1, 0.15) is 73.5 Å². The van der Waals surface area contributed by atoms with Crippen LogP contribution < -0.4 is 5.11 Å². The quantitative estimate of drug-likeness (QED) is 0.711. The first-order valence-electron chi connectivity index (χ1n) is 10.5. The van der Waals surface area contributed by atoms with E-state index in [1.54, 1.807) is 24.3 Å². The van der Waals surface area contributed by atoms with Crippen LogP contribution >= 0.6 is 0 Å². The van der Waals surface area contributed by atoms with Crippen molar-refractivity contribution < 1.29 is 9.90 Å². The molecule has 5 rings (SSSR count). The van der Waals surface area contributed by atoms with Crippen LogP contribution in [0, 0.1) is 0 Å². The van der Waals surface area contributed by atoms with E-state index in [1.165, 1.54) is 0 Å². The highest BCUT2D eigenvalue weighted by atomic mass is 16.4. The maximum absolute atomic E-state index is 11.0. The van der Waals surface area contributed by atoms with Gasteiger partial charge in [0.15, 0.2) is 0 Å². The van der Waals surface area contributed by atoms with Crippen LogP contribution in [0.2, 0.25) is 0 Å². The highest BCUT2D eigenvalue weighted by molar-refractivity contribution is 5.87. The number of fused-ring (bicyclic) bond motifs is 4. The molecule has 1 N–H and O–H groups in total. The summed E-state index contributed by atoms with van der Waals surface area (Å²) < 4.78 is 0. The van der Waals surface area contributed by atoms with Crippen molar-refractivity contribution in [3.05, 3.63) is 52.5 Å². The van der Waals surface area contributed by atoms with Gasteiger partial charge in [0.25, 0.3) is 0 Å². The Hall–Kier alpha value is -3.02. The second kappa shape index (κ2) is 6.24. The lowest BCUT2D eigenvalue weighted by molar-refractivity contribution is -0.255. The minimum absolute atomic E-state index is 0.00591. The smallest absolute Gasteiger partial charge is 0.110 e. The van der Waals surface area contributed by atoms with Crippen LogP contribution in [-0.4, -0.2) is 26.1 Å². The molecule has 30 heavy (non-hydrogen) atoms. The van der Waals surface area contributed by atoms with Crippen molar-refractivity contribution >= 4 is 5.97 Å². The van der Waals surface area contributed by atoms with Crippen LogP contribution in [0.5, 0.6) is 0 Å². The Balaban J connectivity index is 1.63. The third kappa shape index (κ3) is 2.77. The van der Waals surface area contributed by atoms with Crippen LogP contribution in [0.3, 0.4) is 0 Å². The van der Waals surface area contributed by atoms with E-state index in [4.69, 9.17) is 9.97 Å². The molecular weight excluding hydrogens is 376 g/mol. The number of aromatic carboxylic acids is 1. The van der Waals surface area contributed by atoms with Crippen molar-refractivity contribution in [1.82, 2.24) is 20.2 Å². The van der Waals surface area contributed by atoms with E-state index in [2.05, 4.69) is 37.9 Å². The molecule has 0 spiro atoms. The number of aromatic amines is 1. The Morgan fingerprint density at radius 2 is 1.57 bits per heavy atom. The van der Waals surface area contributed by atoms with Crippen molar-refractivity contribution in [3.63, 3.8) is 0 Å². The molecule has 0 unspecified atom stereocenters. The average Bonchev–Trinajstić information content (AvgIpc) is 3.15. The van der Waals surface area contributed by atoms with Gasteiger partial charge in [-0.1, -0.05) is 52.0 Å².